The number of Topliss-reactive ketones (excluding diaryl/α,β-unsaturated/α-hetero) is 1. The SMILES string of the molecule is CCCC(=O)[C@@H]1N=C(c2ccccc2OC)O[C@@H]1C. The number of methoxy groups -OCH3 is 1. The van der Waals surface area contributed by atoms with Crippen molar-refractivity contribution in [3.63, 3.8) is 0 Å². The standard InChI is InChI=1S/C15H19NO3/c1-4-7-12(17)14-10(2)19-15(16-14)11-8-5-6-9-13(11)18-3/h5-6,8-10,14H,4,7H2,1-3H3/t10-,14-/m1/s1. The van der Waals surface area contributed by atoms with Gasteiger partial charge < -0.3 is 9.47 Å². The van der Waals surface area contributed by atoms with Crippen molar-refractivity contribution in [2.24, 2.45) is 4.99 Å². The molecule has 0 saturated carbocycles. The van der Waals surface area contributed by atoms with Crippen LogP contribution in [0.1, 0.15) is 32.3 Å². The second-order valence-electron chi connectivity index (χ2n) is 4.62. The van der Waals surface area contributed by atoms with Crippen molar-refractivity contribution in [2.75, 3.05) is 7.11 Å². The minimum absolute atomic E-state index is 0.139. The fraction of sp³-hybridized carbons (Fsp3) is 0.467. The summed E-state index contributed by atoms with van der Waals surface area (Å²) in [6.45, 7) is 3.87. The lowest BCUT2D eigenvalue weighted by atomic mass is 10.1. The zero-order valence-corrected chi connectivity index (χ0v) is 11.6. The summed E-state index contributed by atoms with van der Waals surface area (Å²) in [5.41, 5.74) is 0.795. The van der Waals surface area contributed by atoms with Crippen LogP contribution in [-0.2, 0) is 9.53 Å². The van der Waals surface area contributed by atoms with E-state index in [4.69, 9.17) is 9.47 Å². The third kappa shape index (κ3) is 2.78. The lowest BCUT2D eigenvalue weighted by Crippen LogP contribution is -2.27. The lowest BCUT2D eigenvalue weighted by Gasteiger charge is -2.11. The first-order chi connectivity index (χ1) is 9.17. The maximum Gasteiger partial charge on any atom is 0.221 e. The molecule has 0 saturated heterocycles. The van der Waals surface area contributed by atoms with E-state index in [1.54, 1.807) is 7.11 Å². The zero-order valence-electron chi connectivity index (χ0n) is 11.6. The number of hydrogen-bond acceptors (Lipinski definition) is 4. The molecule has 0 aromatic heterocycles. The molecule has 0 radical (unpaired) electrons. The van der Waals surface area contributed by atoms with E-state index in [1.165, 1.54) is 0 Å². The Kier molecular flexibility index (Phi) is 4.20. The first-order valence-electron chi connectivity index (χ1n) is 6.58. The molecule has 4 heteroatoms. The van der Waals surface area contributed by atoms with Crippen LogP contribution in [0.5, 0.6) is 5.75 Å². The van der Waals surface area contributed by atoms with E-state index in [0.29, 0.717) is 18.1 Å². The van der Waals surface area contributed by atoms with Crippen LogP contribution in [0.3, 0.4) is 0 Å². The van der Waals surface area contributed by atoms with Crippen molar-refractivity contribution in [1.29, 1.82) is 0 Å². The van der Waals surface area contributed by atoms with Crippen molar-refractivity contribution in [3.05, 3.63) is 29.8 Å². The predicted octanol–water partition coefficient (Wildman–Crippen LogP) is 2.60. The third-order valence-corrected chi connectivity index (χ3v) is 3.16. The monoisotopic (exact) mass is 261 g/mol. The maximum absolute atomic E-state index is 12.0. The van der Waals surface area contributed by atoms with E-state index in [9.17, 15) is 4.79 Å². The van der Waals surface area contributed by atoms with Gasteiger partial charge in [-0.3, -0.25) is 4.79 Å². The lowest BCUT2D eigenvalue weighted by molar-refractivity contribution is -0.121. The molecule has 1 aromatic carbocycles. The fourth-order valence-corrected chi connectivity index (χ4v) is 2.18. The van der Waals surface area contributed by atoms with Gasteiger partial charge >= 0.3 is 0 Å². The maximum atomic E-state index is 12.0. The number of ketones is 1. The van der Waals surface area contributed by atoms with Crippen LogP contribution < -0.4 is 4.74 Å². The number of carbonyl (C=O) groups excluding carboxylic acids is 1. The number of aliphatic imine (C=N–C) groups is 1. The van der Waals surface area contributed by atoms with Crippen molar-refractivity contribution < 1.29 is 14.3 Å². The van der Waals surface area contributed by atoms with Gasteiger partial charge in [0.25, 0.3) is 0 Å². The molecule has 1 aliphatic heterocycles. The Labute approximate surface area is 113 Å². The van der Waals surface area contributed by atoms with Gasteiger partial charge in [-0.25, -0.2) is 4.99 Å². The molecule has 0 aliphatic carbocycles. The van der Waals surface area contributed by atoms with Crippen LogP contribution in [0.25, 0.3) is 0 Å². The second-order valence-corrected chi connectivity index (χ2v) is 4.62. The van der Waals surface area contributed by atoms with Gasteiger partial charge in [-0.15, -0.1) is 0 Å². The first-order valence-corrected chi connectivity index (χ1v) is 6.58. The third-order valence-electron chi connectivity index (χ3n) is 3.16. The molecule has 0 fully saturated rings. The fourth-order valence-electron chi connectivity index (χ4n) is 2.18. The Morgan fingerprint density at radius 1 is 1.42 bits per heavy atom. The van der Waals surface area contributed by atoms with Gasteiger partial charge in [-0.05, 0) is 25.5 Å². The van der Waals surface area contributed by atoms with E-state index in [-0.39, 0.29) is 17.9 Å². The Hall–Kier alpha value is -1.84. The van der Waals surface area contributed by atoms with Crippen molar-refractivity contribution in [2.45, 2.75) is 38.8 Å². The number of carbonyl (C=O) groups is 1. The van der Waals surface area contributed by atoms with Crippen molar-refractivity contribution >= 4 is 11.7 Å². The van der Waals surface area contributed by atoms with Gasteiger partial charge in [0.1, 0.15) is 17.9 Å². The number of hydrogen-bond donors (Lipinski definition) is 0. The molecule has 1 aliphatic rings. The van der Waals surface area contributed by atoms with Gasteiger partial charge in [0, 0.05) is 6.42 Å². The van der Waals surface area contributed by atoms with Crippen LogP contribution in [0.2, 0.25) is 0 Å². The molecule has 0 bridgehead atoms. The molecule has 0 N–H and O–H groups in total. The van der Waals surface area contributed by atoms with E-state index < -0.39 is 0 Å². The summed E-state index contributed by atoms with van der Waals surface area (Å²) in [5.74, 6) is 1.34. The summed E-state index contributed by atoms with van der Waals surface area (Å²) in [6.07, 6.45) is 1.17. The Bertz CT molecular complexity index is 496. The van der Waals surface area contributed by atoms with E-state index in [0.717, 1.165) is 12.0 Å². The van der Waals surface area contributed by atoms with E-state index >= 15 is 0 Å². The highest BCUT2D eigenvalue weighted by Crippen LogP contribution is 2.25. The molecule has 19 heavy (non-hydrogen) atoms. The quantitative estimate of drug-likeness (QED) is 0.818. The summed E-state index contributed by atoms with van der Waals surface area (Å²) in [6, 6.07) is 7.14. The van der Waals surface area contributed by atoms with E-state index in [2.05, 4.69) is 4.99 Å². The number of ether oxygens (including phenoxy) is 2. The van der Waals surface area contributed by atoms with Gasteiger partial charge in [-0.2, -0.15) is 0 Å². The van der Waals surface area contributed by atoms with Gasteiger partial charge in [0.15, 0.2) is 5.78 Å². The summed E-state index contributed by atoms with van der Waals surface area (Å²) >= 11 is 0. The molecule has 0 spiro atoms. The Balaban J connectivity index is 2.26. The summed E-state index contributed by atoms with van der Waals surface area (Å²) in [7, 11) is 1.61. The molecule has 0 amide bonds. The average Bonchev–Trinajstić information content (AvgIpc) is 2.81. The minimum atomic E-state index is -0.389. The molecule has 2 atom stereocenters. The highest BCUT2D eigenvalue weighted by Gasteiger charge is 2.33. The predicted molar refractivity (Wildman–Crippen MR) is 73.8 cm³/mol. The number of rotatable bonds is 5. The van der Waals surface area contributed by atoms with Crippen LogP contribution in [-0.4, -0.2) is 30.9 Å². The molecule has 102 valence electrons. The summed E-state index contributed by atoms with van der Waals surface area (Å²) in [4.78, 5) is 16.4. The van der Waals surface area contributed by atoms with Crippen LogP contribution in [0.15, 0.2) is 29.3 Å². The number of nitrogens with zero attached hydrogens (tertiary/aromatic N) is 1. The molecule has 1 aromatic rings. The number of benzene rings is 1. The molecule has 4 nitrogen and oxygen atoms in total. The van der Waals surface area contributed by atoms with Crippen molar-refractivity contribution in [3.8, 4) is 5.75 Å². The molecule has 1 heterocycles. The zero-order chi connectivity index (χ0) is 13.8. The van der Waals surface area contributed by atoms with Crippen LogP contribution in [0, 0.1) is 0 Å². The van der Waals surface area contributed by atoms with Gasteiger partial charge in [0.2, 0.25) is 5.90 Å². The largest absolute Gasteiger partial charge is 0.496 e. The molecular weight excluding hydrogens is 242 g/mol. The highest BCUT2D eigenvalue weighted by atomic mass is 16.5. The summed E-state index contributed by atoms with van der Waals surface area (Å²) in [5, 5.41) is 0. The van der Waals surface area contributed by atoms with Crippen LogP contribution in [0.4, 0.5) is 0 Å². The average molecular weight is 261 g/mol. The van der Waals surface area contributed by atoms with Gasteiger partial charge in [-0.1, -0.05) is 19.1 Å². The molecule has 2 rings (SSSR count). The normalized spacial score (nSPS) is 21.7. The molecular formula is C15H19NO3. The number of para-hydroxylation sites is 1. The second kappa shape index (κ2) is 5.87. The minimum Gasteiger partial charge on any atom is -0.496 e. The highest BCUT2D eigenvalue weighted by molar-refractivity contribution is 6.01. The first kappa shape index (κ1) is 13.6. The van der Waals surface area contributed by atoms with Crippen LogP contribution >= 0.6 is 0 Å². The molecule has 0 unspecified atom stereocenters. The van der Waals surface area contributed by atoms with Gasteiger partial charge in [0.05, 0.1) is 12.7 Å². The Morgan fingerprint density at radius 2 is 2.16 bits per heavy atom. The smallest absolute Gasteiger partial charge is 0.221 e. The topological polar surface area (TPSA) is 47.9 Å². The van der Waals surface area contributed by atoms with Crippen molar-refractivity contribution in [1.82, 2.24) is 0 Å². The van der Waals surface area contributed by atoms with E-state index in [1.807, 2.05) is 38.1 Å². The summed E-state index contributed by atoms with van der Waals surface area (Å²) < 4.78 is 11.0. The Morgan fingerprint density at radius 3 is 2.84 bits per heavy atom.